The molecule has 24 heavy (non-hydrogen) atoms. The van der Waals surface area contributed by atoms with E-state index in [0.717, 1.165) is 16.6 Å². The quantitative estimate of drug-likeness (QED) is 0.540. The number of fused-ring (bicyclic) bond motifs is 1. The Morgan fingerprint density at radius 2 is 1.96 bits per heavy atom. The van der Waals surface area contributed by atoms with Crippen molar-refractivity contribution in [3.05, 3.63) is 65.7 Å². The predicted molar refractivity (Wildman–Crippen MR) is 92.8 cm³/mol. The molecule has 0 fully saturated rings. The van der Waals surface area contributed by atoms with E-state index < -0.39 is 0 Å². The molecule has 118 valence electrons. The first-order chi connectivity index (χ1) is 11.7. The normalized spacial score (nSPS) is 10.9. The number of aromatic nitrogens is 4. The Morgan fingerprint density at radius 1 is 1.08 bits per heavy atom. The number of nitrogens with one attached hydrogen (secondary N) is 3. The summed E-state index contributed by atoms with van der Waals surface area (Å²) in [6.45, 7) is 1.95. The molecule has 2 aromatic heterocycles. The van der Waals surface area contributed by atoms with E-state index in [2.05, 4.69) is 25.5 Å². The maximum Gasteiger partial charge on any atom is 0.256 e. The SMILES string of the molecule is Cc1cccc(C(=O)Nc2cc(-c3nc4ccccc4[nH]3)[nH]n2)c1. The van der Waals surface area contributed by atoms with Crippen molar-refractivity contribution >= 4 is 22.8 Å². The molecular weight excluding hydrogens is 302 g/mol. The second kappa shape index (κ2) is 5.66. The van der Waals surface area contributed by atoms with Crippen LogP contribution in [0.4, 0.5) is 5.82 Å². The van der Waals surface area contributed by atoms with Gasteiger partial charge in [-0.05, 0) is 31.2 Å². The Balaban J connectivity index is 1.57. The number of amides is 1. The van der Waals surface area contributed by atoms with Gasteiger partial charge in [0.15, 0.2) is 11.6 Å². The molecule has 2 heterocycles. The molecule has 4 aromatic rings. The summed E-state index contributed by atoms with van der Waals surface area (Å²) in [5.41, 5.74) is 4.18. The highest BCUT2D eigenvalue weighted by atomic mass is 16.1. The second-order valence-electron chi connectivity index (χ2n) is 5.59. The molecule has 0 radical (unpaired) electrons. The Hall–Kier alpha value is -3.41. The number of para-hydroxylation sites is 2. The highest BCUT2D eigenvalue weighted by Gasteiger charge is 2.11. The van der Waals surface area contributed by atoms with Crippen LogP contribution < -0.4 is 5.32 Å². The minimum absolute atomic E-state index is 0.193. The van der Waals surface area contributed by atoms with Crippen molar-refractivity contribution in [2.45, 2.75) is 6.92 Å². The van der Waals surface area contributed by atoms with Crippen molar-refractivity contribution in [1.82, 2.24) is 20.2 Å². The summed E-state index contributed by atoms with van der Waals surface area (Å²) in [6.07, 6.45) is 0. The van der Waals surface area contributed by atoms with Gasteiger partial charge in [-0.3, -0.25) is 9.89 Å². The zero-order chi connectivity index (χ0) is 16.5. The first-order valence-electron chi connectivity index (χ1n) is 7.57. The maximum atomic E-state index is 12.3. The Morgan fingerprint density at radius 3 is 2.79 bits per heavy atom. The Labute approximate surface area is 137 Å². The molecule has 0 unspecified atom stereocenters. The third-order valence-electron chi connectivity index (χ3n) is 3.74. The van der Waals surface area contributed by atoms with E-state index in [9.17, 15) is 4.79 Å². The number of rotatable bonds is 3. The number of hydrogen-bond acceptors (Lipinski definition) is 3. The van der Waals surface area contributed by atoms with Gasteiger partial charge < -0.3 is 10.3 Å². The van der Waals surface area contributed by atoms with Crippen molar-refractivity contribution in [2.75, 3.05) is 5.32 Å². The Kier molecular flexibility index (Phi) is 3.35. The predicted octanol–water partition coefficient (Wildman–Crippen LogP) is 3.51. The summed E-state index contributed by atoms with van der Waals surface area (Å²) < 4.78 is 0. The number of benzene rings is 2. The van der Waals surface area contributed by atoms with E-state index in [0.29, 0.717) is 22.9 Å². The van der Waals surface area contributed by atoms with Gasteiger partial charge in [0.2, 0.25) is 0 Å². The average Bonchev–Trinajstić information content (AvgIpc) is 3.21. The van der Waals surface area contributed by atoms with Crippen LogP contribution in [0.1, 0.15) is 15.9 Å². The fraction of sp³-hybridized carbons (Fsp3) is 0.0556. The third kappa shape index (κ3) is 2.65. The van der Waals surface area contributed by atoms with E-state index in [-0.39, 0.29) is 5.91 Å². The monoisotopic (exact) mass is 317 g/mol. The lowest BCUT2D eigenvalue weighted by molar-refractivity contribution is 0.102. The van der Waals surface area contributed by atoms with Gasteiger partial charge in [0.05, 0.1) is 11.0 Å². The molecule has 0 aliphatic heterocycles. The van der Waals surface area contributed by atoms with Crippen LogP contribution in [0.2, 0.25) is 0 Å². The van der Waals surface area contributed by atoms with E-state index >= 15 is 0 Å². The molecule has 1 amide bonds. The third-order valence-corrected chi connectivity index (χ3v) is 3.74. The molecule has 6 nitrogen and oxygen atoms in total. The minimum Gasteiger partial charge on any atom is -0.337 e. The molecule has 0 saturated heterocycles. The van der Waals surface area contributed by atoms with Crippen LogP contribution in [0.25, 0.3) is 22.6 Å². The number of nitrogens with zero attached hydrogens (tertiary/aromatic N) is 2. The van der Waals surface area contributed by atoms with Gasteiger partial charge in [0.1, 0.15) is 5.69 Å². The lowest BCUT2D eigenvalue weighted by Crippen LogP contribution is -2.12. The second-order valence-corrected chi connectivity index (χ2v) is 5.59. The molecule has 6 heteroatoms. The standard InChI is InChI=1S/C18H15N5O/c1-11-5-4-6-12(9-11)18(24)21-16-10-15(22-23-16)17-19-13-7-2-3-8-14(13)20-17/h2-10H,1H3,(H,19,20)(H2,21,22,23,24). The van der Waals surface area contributed by atoms with Crippen molar-refractivity contribution in [1.29, 1.82) is 0 Å². The van der Waals surface area contributed by atoms with Gasteiger partial charge >= 0.3 is 0 Å². The fourth-order valence-electron chi connectivity index (χ4n) is 2.56. The summed E-state index contributed by atoms with van der Waals surface area (Å²) in [4.78, 5) is 20.0. The zero-order valence-corrected chi connectivity index (χ0v) is 13.0. The number of imidazole rings is 1. The van der Waals surface area contributed by atoms with Crippen LogP contribution in [0.3, 0.4) is 0 Å². The molecule has 0 saturated carbocycles. The van der Waals surface area contributed by atoms with E-state index in [1.54, 1.807) is 12.1 Å². The number of H-pyrrole nitrogens is 2. The molecule has 0 bridgehead atoms. The molecule has 0 atom stereocenters. The van der Waals surface area contributed by atoms with Gasteiger partial charge in [-0.25, -0.2) is 4.98 Å². The van der Waals surface area contributed by atoms with Crippen LogP contribution in [0.5, 0.6) is 0 Å². The van der Waals surface area contributed by atoms with Gasteiger partial charge in [0, 0.05) is 11.6 Å². The Bertz CT molecular complexity index is 998. The lowest BCUT2D eigenvalue weighted by Gasteiger charge is -2.02. The molecule has 4 rings (SSSR count). The van der Waals surface area contributed by atoms with Crippen LogP contribution in [-0.4, -0.2) is 26.1 Å². The summed E-state index contributed by atoms with van der Waals surface area (Å²) in [5, 5.41) is 9.81. The zero-order valence-electron chi connectivity index (χ0n) is 13.0. The van der Waals surface area contributed by atoms with E-state index in [1.165, 1.54) is 0 Å². The summed E-state index contributed by atoms with van der Waals surface area (Å²) in [5.74, 6) is 0.943. The molecule has 0 spiro atoms. The molecule has 0 aliphatic rings. The minimum atomic E-state index is -0.193. The van der Waals surface area contributed by atoms with E-state index in [1.807, 2.05) is 49.4 Å². The number of aryl methyl sites for hydroxylation is 1. The van der Waals surface area contributed by atoms with Crippen molar-refractivity contribution in [2.24, 2.45) is 0 Å². The van der Waals surface area contributed by atoms with Crippen molar-refractivity contribution < 1.29 is 4.79 Å². The van der Waals surface area contributed by atoms with Crippen LogP contribution in [0, 0.1) is 6.92 Å². The number of anilines is 1. The van der Waals surface area contributed by atoms with Crippen molar-refractivity contribution in [3.8, 4) is 11.5 Å². The highest BCUT2D eigenvalue weighted by Crippen LogP contribution is 2.20. The van der Waals surface area contributed by atoms with Gasteiger partial charge in [-0.15, -0.1) is 0 Å². The highest BCUT2D eigenvalue weighted by molar-refractivity contribution is 6.04. The average molecular weight is 317 g/mol. The lowest BCUT2D eigenvalue weighted by atomic mass is 10.1. The fourth-order valence-corrected chi connectivity index (χ4v) is 2.56. The summed E-state index contributed by atoms with van der Waals surface area (Å²) >= 11 is 0. The van der Waals surface area contributed by atoms with Crippen LogP contribution >= 0.6 is 0 Å². The number of carbonyl (C=O) groups is 1. The summed E-state index contributed by atoms with van der Waals surface area (Å²) in [7, 11) is 0. The largest absolute Gasteiger partial charge is 0.337 e. The van der Waals surface area contributed by atoms with E-state index in [4.69, 9.17) is 0 Å². The molecular formula is C18H15N5O. The number of carbonyl (C=O) groups excluding carboxylic acids is 1. The topological polar surface area (TPSA) is 86.5 Å². The smallest absolute Gasteiger partial charge is 0.256 e. The molecule has 0 aliphatic carbocycles. The van der Waals surface area contributed by atoms with Gasteiger partial charge in [-0.2, -0.15) is 5.10 Å². The molecule has 3 N–H and O–H groups in total. The van der Waals surface area contributed by atoms with Crippen molar-refractivity contribution in [3.63, 3.8) is 0 Å². The summed E-state index contributed by atoms with van der Waals surface area (Å²) in [6, 6.07) is 17.0. The number of aromatic amines is 2. The van der Waals surface area contributed by atoms with Crippen LogP contribution in [-0.2, 0) is 0 Å². The first kappa shape index (κ1) is 14.2. The van der Waals surface area contributed by atoms with Crippen LogP contribution in [0.15, 0.2) is 54.6 Å². The van der Waals surface area contributed by atoms with Gasteiger partial charge in [-0.1, -0.05) is 29.8 Å². The molecule has 2 aromatic carbocycles. The number of hydrogen-bond donors (Lipinski definition) is 3. The maximum absolute atomic E-state index is 12.3. The first-order valence-corrected chi connectivity index (χ1v) is 7.57. The van der Waals surface area contributed by atoms with Gasteiger partial charge in [0.25, 0.3) is 5.91 Å².